The highest BCUT2D eigenvalue weighted by Gasteiger charge is 2.19. The highest BCUT2D eigenvalue weighted by atomic mass is 14.2. The van der Waals surface area contributed by atoms with Gasteiger partial charge in [-0.2, -0.15) is 0 Å². The Morgan fingerprint density at radius 2 is 1.21 bits per heavy atom. The molecule has 7 aromatic rings. The largest absolute Gasteiger partial charge is 0.0990 e. The van der Waals surface area contributed by atoms with Crippen LogP contribution in [-0.4, -0.2) is 0 Å². The molecule has 0 saturated heterocycles. The molecule has 8 rings (SSSR count). The van der Waals surface area contributed by atoms with Crippen LogP contribution in [0.25, 0.3) is 71.8 Å². The molecule has 48 heavy (non-hydrogen) atoms. The molecular weight excluding hydrogens is 577 g/mol. The Kier molecular flexibility index (Phi) is 8.73. The van der Waals surface area contributed by atoms with Crippen molar-refractivity contribution in [2.45, 2.75) is 26.7 Å². The second-order valence-electron chi connectivity index (χ2n) is 12.1. The predicted octanol–water partition coefficient (Wildman–Crippen LogP) is 13.7. The van der Waals surface area contributed by atoms with E-state index in [1.165, 1.54) is 76.8 Å². The number of rotatable bonds is 6. The van der Waals surface area contributed by atoms with Crippen molar-refractivity contribution in [3.63, 3.8) is 0 Å². The van der Waals surface area contributed by atoms with E-state index in [2.05, 4.69) is 153 Å². The van der Waals surface area contributed by atoms with E-state index in [1.807, 2.05) is 32.1 Å². The van der Waals surface area contributed by atoms with Gasteiger partial charge in [0.15, 0.2) is 0 Å². The summed E-state index contributed by atoms with van der Waals surface area (Å²) in [6, 6.07) is 49.2. The van der Waals surface area contributed by atoms with Crippen LogP contribution in [0, 0.1) is 0 Å². The molecule has 0 fully saturated rings. The summed E-state index contributed by atoms with van der Waals surface area (Å²) in [7, 11) is 0. The van der Waals surface area contributed by atoms with Crippen LogP contribution in [0.1, 0.15) is 42.5 Å². The molecular formula is C48H40. The average molecular weight is 617 g/mol. The lowest BCUT2D eigenvalue weighted by Gasteiger charge is -2.20. The van der Waals surface area contributed by atoms with E-state index in [0.717, 1.165) is 24.0 Å². The highest BCUT2D eigenvalue weighted by Crippen LogP contribution is 2.46. The van der Waals surface area contributed by atoms with Crippen molar-refractivity contribution in [1.29, 1.82) is 0 Å². The Labute approximate surface area is 284 Å². The first-order chi connectivity index (χ1) is 23.7. The summed E-state index contributed by atoms with van der Waals surface area (Å²) < 4.78 is 0. The number of allylic oxidation sites excluding steroid dienone is 5. The smallest absolute Gasteiger partial charge is 0.00201 e. The molecule has 1 aliphatic rings. The van der Waals surface area contributed by atoms with E-state index >= 15 is 0 Å². The maximum Gasteiger partial charge on any atom is -0.00201 e. The summed E-state index contributed by atoms with van der Waals surface area (Å²) >= 11 is 0. The minimum Gasteiger partial charge on any atom is -0.0990 e. The van der Waals surface area contributed by atoms with Gasteiger partial charge in [0.25, 0.3) is 0 Å². The predicted molar refractivity (Wildman–Crippen MR) is 212 cm³/mol. The fraction of sp³-hybridized carbons (Fsp3) is 0.0833. The first-order valence-corrected chi connectivity index (χ1v) is 17.0. The molecule has 0 amide bonds. The summed E-state index contributed by atoms with van der Waals surface area (Å²) in [5.74, 6) is 0. The van der Waals surface area contributed by atoms with Gasteiger partial charge in [-0.25, -0.2) is 0 Å². The molecule has 0 radical (unpaired) electrons. The van der Waals surface area contributed by atoms with E-state index in [-0.39, 0.29) is 0 Å². The molecule has 0 bridgehead atoms. The van der Waals surface area contributed by atoms with E-state index in [1.54, 1.807) is 0 Å². The van der Waals surface area contributed by atoms with Crippen molar-refractivity contribution < 1.29 is 0 Å². The number of benzene rings is 7. The first-order valence-electron chi connectivity index (χ1n) is 17.0. The Bertz CT molecular complexity index is 2340. The Hall–Kier alpha value is -5.72. The van der Waals surface area contributed by atoms with Crippen molar-refractivity contribution >= 4 is 49.5 Å². The minimum atomic E-state index is 1.06. The van der Waals surface area contributed by atoms with Crippen LogP contribution >= 0.6 is 0 Å². The van der Waals surface area contributed by atoms with Crippen LogP contribution in [0.4, 0.5) is 0 Å². The van der Waals surface area contributed by atoms with Crippen LogP contribution in [0.5, 0.6) is 0 Å². The van der Waals surface area contributed by atoms with Crippen LogP contribution in [0.3, 0.4) is 0 Å². The van der Waals surface area contributed by atoms with Crippen LogP contribution < -0.4 is 0 Å². The van der Waals surface area contributed by atoms with Crippen LogP contribution in [0.2, 0.25) is 0 Å². The number of hydrogen-bond donors (Lipinski definition) is 0. The second-order valence-corrected chi connectivity index (χ2v) is 12.1. The fourth-order valence-corrected chi connectivity index (χ4v) is 7.34. The van der Waals surface area contributed by atoms with E-state index in [4.69, 9.17) is 0 Å². The van der Waals surface area contributed by atoms with Gasteiger partial charge in [0.2, 0.25) is 0 Å². The Morgan fingerprint density at radius 1 is 0.562 bits per heavy atom. The molecule has 0 unspecified atom stereocenters. The molecule has 7 aromatic carbocycles. The summed E-state index contributed by atoms with van der Waals surface area (Å²) in [5, 5.41) is 7.50. The first kappa shape index (κ1) is 30.9. The van der Waals surface area contributed by atoms with Gasteiger partial charge in [-0.3, -0.25) is 0 Å². The van der Waals surface area contributed by atoms with Gasteiger partial charge in [-0.05, 0) is 113 Å². The summed E-state index contributed by atoms with van der Waals surface area (Å²) in [4.78, 5) is 0. The number of fused-ring (bicyclic) bond motifs is 4. The lowest BCUT2D eigenvalue weighted by molar-refractivity contribution is 1.00. The third-order valence-electron chi connectivity index (χ3n) is 9.50. The topological polar surface area (TPSA) is 0 Å². The number of hydrogen-bond acceptors (Lipinski definition) is 0. The van der Waals surface area contributed by atoms with E-state index in [9.17, 15) is 0 Å². The quantitative estimate of drug-likeness (QED) is 0.129. The van der Waals surface area contributed by atoms with Gasteiger partial charge in [-0.15, -0.1) is 0 Å². The van der Waals surface area contributed by atoms with Crippen molar-refractivity contribution in [2.24, 2.45) is 0 Å². The zero-order valence-corrected chi connectivity index (χ0v) is 27.8. The zero-order chi connectivity index (χ0) is 33.0. The maximum atomic E-state index is 4.06. The fourth-order valence-electron chi connectivity index (χ4n) is 7.34. The van der Waals surface area contributed by atoms with Crippen LogP contribution in [-0.2, 0) is 6.42 Å². The van der Waals surface area contributed by atoms with Crippen molar-refractivity contribution in [3.8, 4) is 22.3 Å². The number of aryl methyl sites for hydroxylation is 1. The van der Waals surface area contributed by atoms with Gasteiger partial charge >= 0.3 is 0 Å². The lowest BCUT2D eigenvalue weighted by Crippen LogP contribution is -1.99. The summed E-state index contributed by atoms with van der Waals surface area (Å²) in [6.07, 6.45) is 10.3. The van der Waals surface area contributed by atoms with Crippen molar-refractivity contribution in [2.75, 3.05) is 0 Å². The van der Waals surface area contributed by atoms with Gasteiger partial charge < -0.3 is 0 Å². The molecule has 0 aliphatic heterocycles. The molecule has 0 spiro atoms. The Morgan fingerprint density at radius 3 is 1.92 bits per heavy atom. The molecule has 0 atom stereocenters. The van der Waals surface area contributed by atoms with Gasteiger partial charge in [0.1, 0.15) is 0 Å². The summed E-state index contributed by atoms with van der Waals surface area (Å²) in [5.41, 5.74) is 12.7. The van der Waals surface area contributed by atoms with E-state index < -0.39 is 0 Å². The Balaban J connectivity index is 0.00000179. The van der Waals surface area contributed by atoms with Gasteiger partial charge in [0.05, 0.1) is 0 Å². The molecule has 0 heteroatoms. The minimum absolute atomic E-state index is 1.06. The summed E-state index contributed by atoms with van der Waals surface area (Å²) in [6.45, 7) is 12.0. The van der Waals surface area contributed by atoms with E-state index in [0.29, 0.717) is 0 Å². The SMILES string of the molecule is C=C/C=C(\C=C)c1ccc2cccc(-c3c4ccccc4c(-c4cccc(C5=Cc6ccccc6CC5)c4)c4ccccc34)c2c1.CC. The standard InChI is InChI=1S/C46H34.C2H6/c1-3-13-31(4-2)37-27-25-33-16-12-23-43(44(33)30-37)46-41-21-9-7-19-39(41)45(40-20-8-10-22-42(40)46)38-18-11-17-35(29-38)36-26-24-32-14-5-6-15-34(32)28-36;1-2/h3-23,25,27-30H,1-2,24,26H2;1-2H3/b31-13+;. The molecule has 0 nitrogen and oxygen atoms in total. The highest BCUT2D eigenvalue weighted by molar-refractivity contribution is 6.23. The average Bonchev–Trinajstić information content (AvgIpc) is 3.16. The zero-order valence-electron chi connectivity index (χ0n) is 27.8. The molecule has 1 aliphatic carbocycles. The van der Waals surface area contributed by atoms with Crippen molar-refractivity contribution in [1.82, 2.24) is 0 Å². The third kappa shape index (κ3) is 5.50. The maximum absolute atomic E-state index is 4.06. The molecule has 0 saturated carbocycles. The molecule has 0 heterocycles. The lowest BCUT2D eigenvalue weighted by atomic mass is 9.83. The normalized spacial score (nSPS) is 12.6. The second kappa shape index (κ2) is 13.6. The molecule has 0 N–H and O–H groups in total. The van der Waals surface area contributed by atoms with Gasteiger partial charge in [-0.1, -0.05) is 173 Å². The monoisotopic (exact) mass is 616 g/mol. The third-order valence-corrected chi connectivity index (χ3v) is 9.50. The van der Waals surface area contributed by atoms with Crippen molar-refractivity contribution in [3.05, 3.63) is 187 Å². The van der Waals surface area contributed by atoms with Gasteiger partial charge in [0, 0.05) is 0 Å². The molecule has 0 aromatic heterocycles. The molecule has 232 valence electrons. The van der Waals surface area contributed by atoms with Crippen LogP contribution in [0.15, 0.2) is 165 Å².